The Morgan fingerprint density at radius 1 is 1.33 bits per heavy atom. The highest BCUT2D eigenvalue weighted by molar-refractivity contribution is 14.1. The minimum atomic E-state index is -4.73. The lowest BCUT2D eigenvalue weighted by atomic mass is 10.0. The van der Waals surface area contributed by atoms with Gasteiger partial charge in [0.05, 0.1) is 21.1 Å². The normalized spacial score (nSPS) is 11.8. The molecular formula is C19H15F3IN7O2S. The number of hydrogen-bond acceptors (Lipinski definition) is 6. The molecule has 4 aromatic heterocycles. The Hall–Kier alpha value is -3.01. The SMILES string of the molecule is CCn1cc(-c2cc(C(F)(F)F)nc3sc(C(N)=O)c(NC(=O)c4[nH]ncc4I)c23)c(C)n1. The molecule has 0 bridgehead atoms. The van der Waals surface area contributed by atoms with E-state index in [0.29, 0.717) is 32.7 Å². The Morgan fingerprint density at radius 3 is 2.61 bits per heavy atom. The summed E-state index contributed by atoms with van der Waals surface area (Å²) in [6.45, 7) is 4.00. The fourth-order valence-electron chi connectivity index (χ4n) is 3.30. The number of amides is 2. The molecule has 2 amide bonds. The third kappa shape index (κ3) is 4.19. The molecule has 0 fully saturated rings. The van der Waals surface area contributed by atoms with Crippen molar-refractivity contribution in [2.45, 2.75) is 26.6 Å². The van der Waals surface area contributed by atoms with E-state index in [1.807, 2.05) is 29.5 Å². The van der Waals surface area contributed by atoms with Gasteiger partial charge in [-0.2, -0.15) is 23.4 Å². The third-order valence-electron chi connectivity index (χ3n) is 4.80. The van der Waals surface area contributed by atoms with Crippen LogP contribution in [0.4, 0.5) is 18.9 Å². The van der Waals surface area contributed by atoms with Gasteiger partial charge >= 0.3 is 6.18 Å². The van der Waals surface area contributed by atoms with Gasteiger partial charge in [0.2, 0.25) is 0 Å². The zero-order valence-electron chi connectivity index (χ0n) is 17.0. The summed E-state index contributed by atoms with van der Waals surface area (Å²) in [5.74, 6) is -1.54. The van der Waals surface area contributed by atoms with Crippen molar-refractivity contribution >= 4 is 61.6 Å². The molecule has 9 nitrogen and oxygen atoms in total. The van der Waals surface area contributed by atoms with Crippen LogP contribution in [0.25, 0.3) is 21.3 Å². The van der Waals surface area contributed by atoms with Gasteiger partial charge in [-0.25, -0.2) is 4.98 Å². The van der Waals surface area contributed by atoms with Gasteiger partial charge in [-0.3, -0.25) is 19.4 Å². The lowest BCUT2D eigenvalue weighted by Crippen LogP contribution is -2.18. The van der Waals surface area contributed by atoms with Gasteiger partial charge in [-0.15, -0.1) is 11.3 Å². The van der Waals surface area contributed by atoms with E-state index in [4.69, 9.17) is 5.73 Å². The highest BCUT2D eigenvalue weighted by Gasteiger charge is 2.35. The summed E-state index contributed by atoms with van der Waals surface area (Å²) in [6, 6.07) is 0.888. The standard InChI is InChI=1S/C19H15F3IN7O2S/c1-3-30-6-9(7(2)29-30)8-4-11(19(20,21)22)26-18-12(8)14(15(33-18)16(24)31)27-17(32)13-10(23)5-25-28-13/h4-6H,3H2,1-2H3,(H2,24,31)(H,25,28)(H,27,32). The molecule has 0 aliphatic carbocycles. The number of fused-ring (bicyclic) bond motifs is 1. The summed E-state index contributed by atoms with van der Waals surface area (Å²) in [7, 11) is 0. The number of hydrogen-bond donors (Lipinski definition) is 3. The number of thiophene rings is 1. The molecule has 0 saturated carbocycles. The number of H-pyrrole nitrogens is 1. The zero-order valence-corrected chi connectivity index (χ0v) is 20.0. The first-order valence-electron chi connectivity index (χ1n) is 9.40. The number of nitrogens with one attached hydrogen (secondary N) is 2. The minimum Gasteiger partial charge on any atom is -0.365 e. The van der Waals surface area contributed by atoms with E-state index < -0.39 is 23.7 Å². The van der Waals surface area contributed by atoms with Crippen molar-refractivity contribution in [1.82, 2.24) is 25.0 Å². The highest BCUT2D eigenvalue weighted by atomic mass is 127. The van der Waals surface area contributed by atoms with Gasteiger partial charge in [0.1, 0.15) is 21.1 Å². The molecule has 0 aliphatic heterocycles. The molecule has 0 spiro atoms. The second-order valence-electron chi connectivity index (χ2n) is 6.93. The van der Waals surface area contributed by atoms with Crippen LogP contribution in [0, 0.1) is 10.5 Å². The predicted octanol–water partition coefficient (Wildman–Crippen LogP) is 4.19. The van der Waals surface area contributed by atoms with Crippen LogP contribution in [-0.2, 0) is 12.7 Å². The topological polar surface area (TPSA) is 132 Å². The van der Waals surface area contributed by atoms with Crippen LogP contribution < -0.4 is 11.1 Å². The molecule has 14 heteroatoms. The first kappa shape index (κ1) is 23.2. The molecule has 33 heavy (non-hydrogen) atoms. The monoisotopic (exact) mass is 589 g/mol. The summed E-state index contributed by atoms with van der Waals surface area (Å²) in [5, 5.41) is 13.4. The summed E-state index contributed by atoms with van der Waals surface area (Å²) < 4.78 is 43.0. The molecule has 4 aromatic rings. The minimum absolute atomic E-state index is 0.0160. The van der Waals surface area contributed by atoms with E-state index in [0.717, 1.165) is 6.07 Å². The molecule has 0 radical (unpaired) electrons. The van der Waals surface area contributed by atoms with Gasteiger partial charge in [-0.1, -0.05) is 0 Å². The Kier molecular flexibility index (Phi) is 5.90. The maximum Gasteiger partial charge on any atom is 0.433 e. The summed E-state index contributed by atoms with van der Waals surface area (Å²) >= 11 is 2.58. The van der Waals surface area contributed by atoms with Crippen LogP contribution in [0.1, 0.15) is 38.5 Å². The van der Waals surface area contributed by atoms with Crippen molar-refractivity contribution in [3.8, 4) is 11.1 Å². The second kappa shape index (κ2) is 8.40. The summed E-state index contributed by atoms with van der Waals surface area (Å²) in [6.07, 6.45) is -1.69. The number of nitrogens with zero attached hydrogens (tertiary/aromatic N) is 4. The van der Waals surface area contributed by atoms with Crippen LogP contribution in [0.15, 0.2) is 18.5 Å². The summed E-state index contributed by atoms with van der Waals surface area (Å²) in [4.78, 5) is 28.5. The number of pyridine rings is 1. The molecule has 4 N–H and O–H groups in total. The Bertz CT molecular complexity index is 1410. The molecule has 172 valence electrons. The number of aromatic nitrogens is 5. The number of aromatic amines is 1. The largest absolute Gasteiger partial charge is 0.433 e. The number of aryl methyl sites for hydroxylation is 2. The average molecular weight is 589 g/mol. The number of anilines is 1. The Labute approximate surface area is 201 Å². The van der Waals surface area contributed by atoms with E-state index in [-0.39, 0.29) is 32.0 Å². The number of carbonyl (C=O) groups is 2. The Balaban J connectivity index is 2.03. The van der Waals surface area contributed by atoms with Gasteiger partial charge < -0.3 is 11.1 Å². The number of alkyl halides is 3. The number of nitrogens with two attached hydrogens (primary N) is 1. The smallest absolute Gasteiger partial charge is 0.365 e. The fourth-order valence-corrected chi connectivity index (χ4v) is 4.81. The van der Waals surface area contributed by atoms with Gasteiger partial charge in [-0.05, 0) is 48.1 Å². The van der Waals surface area contributed by atoms with Crippen LogP contribution in [-0.4, -0.2) is 36.8 Å². The second-order valence-corrected chi connectivity index (χ2v) is 9.10. The van der Waals surface area contributed by atoms with Gasteiger partial charge in [0, 0.05) is 23.7 Å². The first-order valence-corrected chi connectivity index (χ1v) is 11.3. The third-order valence-corrected chi connectivity index (χ3v) is 6.71. The van der Waals surface area contributed by atoms with E-state index in [1.165, 1.54) is 6.20 Å². The number of halogens is 4. The first-order chi connectivity index (χ1) is 15.5. The van der Waals surface area contributed by atoms with E-state index in [1.54, 1.807) is 17.8 Å². The van der Waals surface area contributed by atoms with Crippen molar-refractivity contribution in [1.29, 1.82) is 0 Å². The lowest BCUT2D eigenvalue weighted by Gasteiger charge is -2.11. The van der Waals surface area contributed by atoms with Crippen LogP contribution in [0.5, 0.6) is 0 Å². The number of primary amides is 1. The van der Waals surface area contributed by atoms with Crippen LogP contribution >= 0.6 is 33.9 Å². The van der Waals surface area contributed by atoms with Crippen molar-refractivity contribution in [2.24, 2.45) is 5.73 Å². The van der Waals surface area contributed by atoms with Crippen LogP contribution in [0.3, 0.4) is 0 Å². The fraction of sp³-hybridized carbons (Fsp3) is 0.211. The average Bonchev–Trinajstić information content (AvgIpc) is 3.43. The van der Waals surface area contributed by atoms with Crippen LogP contribution in [0.2, 0.25) is 0 Å². The molecule has 0 unspecified atom stereocenters. The van der Waals surface area contributed by atoms with E-state index in [2.05, 4.69) is 25.6 Å². The molecule has 0 saturated heterocycles. The van der Waals surface area contributed by atoms with Crippen molar-refractivity contribution in [2.75, 3.05) is 5.32 Å². The maximum absolute atomic E-state index is 13.6. The summed E-state index contributed by atoms with van der Waals surface area (Å²) in [5.41, 5.74) is 5.50. The van der Waals surface area contributed by atoms with Crippen molar-refractivity contribution in [3.05, 3.63) is 44.0 Å². The molecule has 0 atom stereocenters. The van der Waals surface area contributed by atoms with Gasteiger partial charge in [0.25, 0.3) is 11.8 Å². The number of carbonyl (C=O) groups excluding carboxylic acids is 2. The maximum atomic E-state index is 13.6. The van der Waals surface area contributed by atoms with E-state index >= 15 is 0 Å². The van der Waals surface area contributed by atoms with Crippen molar-refractivity contribution in [3.63, 3.8) is 0 Å². The lowest BCUT2D eigenvalue weighted by molar-refractivity contribution is -0.140. The number of rotatable bonds is 5. The van der Waals surface area contributed by atoms with Gasteiger partial charge in [0.15, 0.2) is 0 Å². The van der Waals surface area contributed by atoms with Crippen molar-refractivity contribution < 1.29 is 22.8 Å². The quantitative estimate of drug-likeness (QED) is 0.301. The zero-order chi connectivity index (χ0) is 24.1. The molecule has 4 rings (SSSR count). The molecule has 4 heterocycles. The highest BCUT2D eigenvalue weighted by Crippen LogP contribution is 2.44. The predicted molar refractivity (Wildman–Crippen MR) is 124 cm³/mol. The Morgan fingerprint density at radius 2 is 2.06 bits per heavy atom. The molecular weight excluding hydrogens is 574 g/mol. The molecule has 0 aliphatic rings. The van der Waals surface area contributed by atoms with E-state index in [9.17, 15) is 22.8 Å². The molecule has 0 aromatic carbocycles.